The standard InChI is InChI=1S/C10H8F5N3/c11-9(12)8-5(4-17)3-7(10(13,14)15)18-6(8)1-2-16/h3,9H,1,4,17H2. The van der Waals surface area contributed by atoms with Gasteiger partial charge in [-0.1, -0.05) is 0 Å². The third-order valence-electron chi connectivity index (χ3n) is 2.20. The summed E-state index contributed by atoms with van der Waals surface area (Å²) >= 11 is 0. The van der Waals surface area contributed by atoms with Gasteiger partial charge in [-0.05, 0) is 11.6 Å². The average Bonchev–Trinajstić information content (AvgIpc) is 2.26. The maximum absolute atomic E-state index is 12.7. The first-order valence-electron chi connectivity index (χ1n) is 4.76. The number of nitrogens with zero attached hydrogens (tertiary/aromatic N) is 2. The van der Waals surface area contributed by atoms with Gasteiger partial charge < -0.3 is 5.73 Å². The van der Waals surface area contributed by atoms with Gasteiger partial charge in [-0.2, -0.15) is 18.4 Å². The SMILES string of the molecule is N#CCc1nc(C(F)(F)F)cc(CN)c1C(F)F. The fourth-order valence-corrected chi connectivity index (χ4v) is 1.46. The predicted molar refractivity (Wildman–Crippen MR) is 51.4 cm³/mol. The summed E-state index contributed by atoms with van der Waals surface area (Å²) in [6, 6.07) is 1.99. The van der Waals surface area contributed by atoms with E-state index < -0.39 is 42.5 Å². The Balaban J connectivity index is 3.49. The fourth-order valence-electron chi connectivity index (χ4n) is 1.46. The van der Waals surface area contributed by atoms with Crippen molar-refractivity contribution in [2.75, 3.05) is 0 Å². The molecule has 0 aliphatic carbocycles. The van der Waals surface area contributed by atoms with E-state index in [9.17, 15) is 22.0 Å². The summed E-state index contributed by atoms with van der Waals surface area (Å²) < 4.78 is 62.9. The van der Waals surface area contributed by atoms with Gasteiger partial charge in [-0.25, -0.2) is 13.8 Å². The quantitative estimate of drug-likeness (QED) is 0.854. The number of alkyl halides is 5. The Bertz CT molecular complexity index is 476. The summed E-state index contributed by atoms with van der Waals surface area (Å²) in [4.78, 5) is 3.08. The van der Waals surface area contributed by atoms with Crippen LogP contribution in [0.15, 0.2) is 6.07 Å². The molecule has 2 N–H and O–H groups in total. The second-order valence-corrected chi connectivity index (χ2v) is 3.36. The number of hydrogen-bond donors (Lipinski definition) is 1. The Labute approximate surface area is 99.0 Å². The van der Waals surface area contributed by atoms with Crippen LogP contribution in [0.5, 0.6) is 0 Å². The molecule has 0 saturated carbocycles. The second-order valence-electron chi connectivity index (χ2n) is 3.36. The summed E-state index contributed by atoms with van der Waals surface area (Å²) in [5, 5.41) is 8.44. The molecule has 1 rings (SSSR count). The molecule has 8 heteroatoms. The van der Waals surface area contributed by atoms with Crippen molar-refractivity contribution in [1.29, 1.82) is 5.26 Å². The zero-order valence-corrected chi connectivity index (χ0v) is 8.93. The molecule has 0 radical (unpaired) electrons. The van der Waals surface area contributed by atoms with Gasteiger partial charge in [0.05, 0.1) is 18.2 Å². The Hall–Kier alpha value is -1.75. The van der Waals surface area contributed by atoms with Gasteiger partial charge >= 0.3 is 6.18 Å². The maximum Gasteiger partial charge on any atom is 0.433 e. The van der Waals surface area contributed by atoms with Crippen LogP contribution in [0.1, 0.15) is 28.9 Å². The monoisotopic (exact) mass is 265 g/mol. The minimum atomic E-state index is -4.77. The van der Waals surface area contributed by atoms with Crippen LogP contribution in [0.25, 0.3) is 0 Å². The third kappa shape index (κ3) is 2.92. The molecule has 1 aromatic rings. The Morgan fingerprint density at radius 2 is 2.00 bits per heavy atom. The number of nitriles is 1. The number of halogens is 5. The van der Waals surface area contributed by atoms with Crippen molar-refractivity contribution in [3.63, 3.8) is 0 Å². The van der Waals surface area contributed by atoms with Crippen LogP contribution in [0.4, 0.5) is 22.0 Å². The number of aromatic nitrogens is 1. The predicted octanol–water partition coefficient (Wildman–Crippen LogP) is 2.56. The van der Waals surface area contributed by atoms with E-state index in [1.54, 1.807) is 0 Å². The number of nitrogens with two attached hydrogens (primary N) is 1. The molecule has 0 atom stereocenters. The molecule has 0 aliphatic heterocycles. The topological polar surface area (TPSA) is 62.7 Å². The molecule has 0 bridgehead atoms. The normalized spacial score (nSPS) is 11.7. The van der Waals surface area contributed by atoms with E-state index in [1.807, 2.05) is 0 Å². The van der Waals surface area contributed by atoms with Crippen LogP contribution in [-0.4, -0.2) is 4.98 Å². The average molecular weight is 265 g/mol. The highest BCUT2D eigenvalue weighted by Crippen LogP contribution is 2.33. The molecule has 0 aromatic carbocycles. The minimum absolute atomic E-state index is 0.349. The van der Waals surface area contributed by atoms with E-state index in [-0.39, 0.29) is 5.56 Å². The zero-order chi connectivity index (χ0) is 13.9. The molecular formula is C10H8F5N3. The summed E-state index contributed by atoms with van der Waals surface area (Å²) in [7, 11) is 0. The third-order valence-corrected chi connectivity index (χ3v) is 2.20. The second kappa shape index (κ2) is 5.27. The highest BCUT2D eigenvalue weighted by atomic mass is 19.4. The van der Waals surface area contributed by atoms with Gasteiger partial charge in [-0.3, -0.25) is 0 Å². The molecule has 0 spiro atoms. The van der Waals surface area contributed by atoms with E-state index >= 15 is 0 Å². The van der Waals surface area contributed by atoms with Gasteiger partial charge in [0.25, 0.3) is 6.43 Å². The van der Waals surface area contributed by atoms with E-state index in [0.717, 1.165) is 0 Å². The number of rotatable bonds is 3. The van der Waals surface area contributed by atoms with Crippen molar-refractivity contribution in [3.05, 3.63) is 28.6 Å². The molecule has 0 amide bonds. The number of pyridine rings is 1. The van der Waals surface area contributed by atoms with Gasteiger partial charge in [0.15, 0.2) is 0 Å². The molecule has 0 aliphatic rings. The van der Waals surface area contributed by atoms with Crippen molar-refractivity contribution in [1.82, 2.24) is 4.98 Å². The minimum Gasteiger partial charge on any atom is -0.326 e. The molecule has 0 saturated heterocycles. The molecule has 98 valence electrons. The van der Waals surface area contributed by atoms with Gasteiger partial charge in [-0.15, -0.1) is 0 Å². The first-order valence-corrected chi connectivity index (χ1v) is 4.76. The summed E-state index contributed by atoms with van der Waals surface area (Å²) in [5.74, 6) is 0. The van der Waals surface area contributed by atoms with E-state index in [2.05, 4.69) is 4.98 Å². The van der Waals surface area contributed by atoms with Crippen molar-refractivity contribution in [2.24, 2.45) is 5.73 Å². The lowest BCUT2D eigenvalue weighted by Gasteiger charge is -2.14. The van der Waals surface area contributed by atoms with E-state index in [1.165, 1.54) is 6.07 Å². The summed E-state index contributed by atoms with van der Waals surface area (Å²) in [5.41, 5.74) is 2.21. The fraction of sp³-hybridized carbons (Fsp3) is 0.400. The molecule has 18 heavy (non-hydrogen) atoms. The van der Waals surface area contributed by atoms with E-state index in [4.69, 9.17) is 11.0 Å². The molecule has 3 nitrogen and oxygen atoms in total. The van der Waals surface area contributed by atoms with Crippen LogP contribution in [-0.2, 0) is 19.1 Å². The van der Waals surface area contributed by atoms with Crippen molar-refractivity contribution >= 4 is 0 Å². The van der Waals surface area contributed by atoms with Crippen LogP contribution in [0.2, 0.25) is 0 Å². The lowest BCUT2D eigenvalue weighted by molar-refractivity contribution is -0.141. The molecule has 1 aromatic heterocycles. The van der Waals surface area contributed by atoms with Gasteiger partial charge in [0.2, 0.25) is 0 Å². The Kier molecular flexibility index (Phi) is 4.19. The molecular weight excluding hydrogens is 257 g/mol. The highest BCUT2D eigenvalue weighted by molar-refractivity contribution is 5.36. The molecule has 0 fully saturated rings. The largest absolute Gasteiger partial charge is 0.433 e. The van der Waals surface area contributed by atoms with Crippen molar-refractivity contribution < 1.29 is 22.0 Å². The first kappa shape index (κ1) is 14.3. The molecule has 1 heterocycles. The van der Waals surface area contributed by atoms with Crippen LogP contribution in [0, 0.1) is 11.3 Å². The van der Waals surface area contributed by atoms with Crippen molar-refractivity contribution in [3.8, 4) is 6.07 Å². The van der Waals surface area contributed by atoms with Gasteiger partial charge in [0.1, 0.15) is 5.69 Å². The Morgan fingerprint density at radius 1 is 1.39 bits per heavy atom. The lowest BCUT2D eigenvalue weighted by Crippen LogP contribution is -2.15. The Morgan fingerprint density at radius 3 is 2.39 bits per heavy atom. The lowest BCUT2D eigenvalue weighted by atomic mass is 10.0. The van der Waals surface area contributed by atoms with Crippen LogP contribution < -0.4 is 5.73 Å². The van der Waals surface area contributed by atoms with Crippen LogP contribution >= 0.6 is 0 Å². The summed E-state index contributed by atoms with van der Waals surface area (Å²) in [6.45, 7) is -0.482. The van der Waals surface area contributed by atoms with E-state index in [0.29, 0.717) is 6.07 Å². The first-order chi connectivity index (χ1) is 8.31. The zero-order valence-electron chi connectivity index (χ0n) is 8.93. The van der Waals surface area contributed by atoms with Gasteiger partial charge in [0, 0.05) is 12.1 Å². The maximum atomic E-state index is 12.7. The highest BCUT2D eigenvalue weighted by Gasteiger charge is 2.34. The summed E-state index contributed by atoms with van der Waals surface area (Å²) in [6.07, 6.45) is -8.42. The number of hydrogen-bond acceptors (Lipinski definition) is 3. The molecule has 0 unspecified atom stereocenters. The van der Waals surface area contributed by atoms with Crippen molar-refractivity contribution in [2.45, 2.75) is 25.6 Å². The van der Waals surface area contributed by atoms with Crippen LogP contribution in [0.3, 0.4) is 0 Å². The smallest absolute Gasteiger partial charge is 0.326 e.